The summed E-state index contributed by atoms with van der Waals surface area (Å²) in [5.74, 6) is 2.22. The fourth-order valence-electron chi connectivity index (χ4n) is 1.43. The molecule has 4 nitrogen and oxygen atoms in total. The molecule has 78 valence electrons. The van der Waals surface area contributed by atoms with Crippen LogP contribution in [0.1, 0.15) is 31.3 Å². The Morgan fingerprint density at radius 1 is 1.20 bits per heavy atom. The number of aryl methyl sites for hydroxylation is 1. The van der Waals surface area contributed by atoms with Crippen LogP contribution >= 0.6 is 0 Å². The standard InChI is InChI=1S/C11H14N4/c1-8(2)10-6-11(14-7-13-10)15-5-4-12-9(15)3/h4-8H,1-3H3. The van der Waals surface area contributed by atoms with Crippen LogP contribution in [0.2, 0.25) is 0 Å². The summed E-state index contributed by atoms with van der Waals surface area (Å²) in [5, 5.41) is 0. The molecular weight excluding hydrogens is 188 g/mol. The quantitative estimate of drug-likeness (QED) is 0.749. The van der Waals surface area contributed by atoms with Crippen LogP contribution in [0, 0.1) is 6.92 Å². The van der Waals surface area contributed by atoms with Gasteiger partial charge in [0.25, 0.3) is 0 Å². The van der Waals surface area contributed by atoms with Crippen LogP contribution in [0.15, 0.2) is 24.8 Å². The molecule has 4 heteroatoms. The zero-order valence-corrected chi connectivity index (χ0v) is 9.18. The first kappa shape index (κ1) is 9.83. The average molecular weight is 202 g/mol. The van der Waals surface area contributed by atoms with Gasteiger partial charge in [0, 0.05) is 24.2 Å². The first-order valence-corrected chi connectivity index (χ1v) is 5.00. The molecule has 0 saturated carbocycles. The Bertz CT molecular complexity index is 459. The highest BCUT2D eigenvalue weighted by Crippen LogP contribution is 2.14. The van der Waals surface area contributed by atoms with Gasteiger partial charge in [0.1, 0.15) is 18.0 Å². The normalized spacial score (nSPS) is 10.9. The monoisotopic (exact) mass is 202 g/mol. The average Bonchev–Trinajstić information content (AvgIpc) is 2.64. The van der Waals surface area contributed by atoms with E-state index in [9.17, 15) is 0 Å². The van der Waals surface area contributed by atoms with Gasteiger partial charge in [-0.15, -0.1) is 0 Å². The van der Waals surface area contributed by atoms with E-state index in [-0.39, 0.29) is 0 Å². The third-order valence-electron chi connectivity index (χ3n) is 2.34. The summed E-state index contributed by atoms with van der Waals surface area (Å²) in [4.78, 5) is 12.6. The summed E-state index contributed by atoms with van der Waals surface area (Å²) in [6, 6.07) is 2.00. The van der Waals surface area contributed by atoms with Crippen molar-refractivity contribution in [3.8, 4) is 5.82 Å². The van der Waals surface area contributed by atoms with Crippen molar-refractivity contribution in [2.24, 2.45) is 0 Å². The fraction of sp³-hybridized carbons (Fsp3) is 0.364. The van der Waals surface area contributed by atoms with Crippen molar-refractivity contribution in [3.63, 3.8) is 0 Å². The molecule has 0 bridgehead atoms. The van der Waals surface area contributed by atoms with E-state index in [1.165, 1.54) is 0 Å². The first-order chi connectivity index (χ1) is 7.18. The molecule has 15 heavy (non-hydrogen) atoms. The lowest BCUT2D eigenvalue weighted by atomic mass is 10.1. The molecule has 0 atom stereocenters. The number of imidazole rings is 1. The number of aromatic nitrogens is 4. The van der Waals surface area contributed by atoms with Crippen LogP contribution in [0.3, 0.4) is 0 Å². The maximum atomic E-state index is 4.24. The van der Waals surface area contributed by atoms with Crippen LogP contribution in [-0.2, 0) is 0 Å². The van der Waals surface area contributed by atoms with E-state index in [0.717, 1.165) is 17.3 Å². The number of nitrogens with zero attached hydrogens (tertiary/aromatic N) is 4. The molecule has 2 rings (SSSR count). The zero-order chi connectivity index (χ0) is 10.8. The number of hydrogen-bond donors (Lipinski definition) is 0. The molecule has 2 aromatic rings. The van der Waals surface area contributed by atoms with Crippen LogP contribution in [0.25, 0.3) is 5.82 Å². The van der Waals surface area contributed by atoms with Gasteiger partial charge in [0.05, 0.1) is 0 Å². The van der Waals surface area contributed by atoms with E-state index in [2.05, 4.69) is 28.8 Å². The SMILES string of the molecule is Cc1nccn1-c1cc(C(C)C)ncn1. The second kappa shape index (κ2) is 3.81. The topological polar surface area (TPSA) is 43.6 Å². The minimum Gasteiger partial charge on any atom is -0.288 e. The Labute approximate surface area is 89.0 Å². The van der Waals surface area contributed by atoms with Gasteiger partial charge in [-0.2, -0.15) is 0 Å². The molecule has 0 saturated heterocycles. The van der Waals surface area contributed by atoms with Gasteiger partial charge in [-0.1, -0.05) is 13.8 Å². The Kier molecular flexibility index (Phi) is 2.49. The lowest BCUT2D eigenvalue weighted by Gasteiger charge is -2.07. The van der Waals surface area contributed by atoms with E-state index >= 15 is 0 Å². The largest absolute Gasteiger partial charge is 0.288 e. The minimum atomic E-state index is 0.413. The van der Waals surface area contributed by atoms with Crippen LogP contribution < -0.4 is 0 Å². The van der Waals surface area contributed by atoms with Gasteiger partial charge < -0.3 is 0 Å². The van der Waals surface area contributed by atoms with Gasteiger partial charge in [0.2, 0.25) is 0 Å². The molecule has 0 unspecified atom stereocenters. The molecule has 2 aromatic heterocycles. The van der Waals surface area contributed by atoms with Crippen LogP contribution in [0.4, 0.5) is 0 Å². The summed E-state index contributed by atoms with van der Waals surface area (Å²) in [5.41, 5.74) is 1.05. The first-order valence-electron chi connectivity index (χ1n) is 5.00. The van der Waals surface area contributed by atoms with Crippen LogP contribution in [-0.4, -0.2) is 19.5 Å². The Balaban J connectivity index is 2.46. The molecule has 0 N–H and O–H groups in total. The predicted octanol–water partition coefficient (Wildman–Crippen LogP) is 2.09. The third kappa shape index (κ3) is 1.88. The second-order valence-corrected chi connectivity index (χ2v) is 3.80. The minimum absolute atomic E-state index is 0.413. The fourth-order valence-corrected chi connectivity index (χ4v) is 1.43. The van der Waals surface area contributed by atoms with Gasteiger partial charge >= 0.3 is 0 Å². The molecular formula is C11H14N4. The van der Waals surface area contributed by atoms with E-state index in [1.807, 2.05) is 23.8 Å². The summed E-state index contributed by atoms with van der Waals surface area (Å²) in [6.07, 6.45) is 5.28. The smallest absolute Gasteiger partial charge is 0.141 e. The predicted molar refractivity (Wildman–Crippen MR) is 58.0 cm³/mol. The summed E-state index contributed by atoms with van der Waals surface area (Å²) < 4.78 is 1.95. The van der Waals surface area contributed by atoms with E-state index < -0.39 is 0 Å². The molecule has 0 amide bonds. The summed E-state index contributed by atoms with van der Waals surface area (Å²) in [6.45, 7) is 6.19. The van der Waals surface area contributed by atoms with Crippen molar-refractivity contribution in [2.45, 2.75) is 26.7 Å². The Morgan fingerprint density at radius 2 is 2.00 bits per heavy atom. The Morgan fingerprint density at radius 3 is 2.60 bits per heavy atom. The maximum Gasteiger partial charge on any atom is 0.141 e. The highest BCUT2D eigenvalue weighted by Gasteiger charge is 2.05. The summed E-state index contributed by atoms with van der Waals surface area (Å²) >= 11 is 0. The van der Waals surface area contributed by atoms with E-state index in [4.69, 9.17) is 0 Å². The van der Waals surface area contributed by atoms with Crippen molar-refractivity contribution in [1.29, 1.82) is 0 Å². The molecule has 0 aliphatic heterocycles. The second-order valence-electron chi connectivity index (χ2n) is 3.80. The number of hydrogen-bond acceptors (Lipinski definition) is 3. The van der Waals surface area contributed by atoms with Gasteiger partial charge in [0.15, 0.2) is 0 Å². The molecule has 0 radical (unpaired) electrons. The molecule has 0 fully saturated rings. The van der Waals surface area contributed by atoms with E-state index in [0.29, 0.717) is 5.92 Å². The van der Waals surface area contributed by atoms with Crippen molar-refractivity contribution in [2.75, 3.05) is 0 Å². The lowest BCUT2D eigenvalue weighted by molar-refractivity contribution is 0.801. The van der Waals surface area contributed by atoms with Gasteiger partial charge in [-0.25, -0.2) is 15.0 Å². The van der Waals surface area contributed by atoms with Crippen molar-refractivity contribution in [1.82, 2.24) is 19.5 Å². The molecule has 0 spiro atoms. The number of rotatable bonds is 2. The highest BCUT2D eigenvalue weighted by atomic mass is 15.1. The van der Waals surface area contributed by atoms with Crippen LogP contribution in [0.5, 0.6) is 0 Å². The molecule has 0 aliphatic carbocycles. The van der Waals surface area contributed by atoms with Crippen molar-refractivity contribution in [3.05, 3.63) is 36.3 Å². The maximum absolute atomic E-state index is 4.24. The third-order valence-corrected chi connectivity index (χ3v) is 2.34. The molecule has 2 heterocycles. The lowest BCUT2D eigenvalue weighted by Crippen LogP contribution is -2.02. The van der Waals surface area contributed by atoms with Gasteiger partial charge in [-0.05, 0) is 12.8 Å². The van der Waals surface area contributed by atoms with Crippen molar-refractivity contribution >= 4 is 0 Å². The Hall–Kier alpha value is -1.71. The highest BCUT2D eigenvalue weighted by molar-refractivity contribution is 5.26. The van der Waals surface area contributed by atoms with E-state index in [1.54, 1.807) is 12.5 Å². The molecule has 0 aliphatic rings. The summed E-state index contributed by atoms with van der Waals surface area (Å²) in [7, 11) is 0. The van der Waals surface area contributed by atoms with Gasteiger partial charge in [-0.3, -0.25) is 4.57 Å². The zero-order valence-electron chi connectivity index (χ0n) is 9.18. The van der Waals surface area contributed by atoms with Crippen molar-refractivity contribution < 1.29 is 0 Å². The molecule has 0 aromatic carbocycles.